The molecule has 1 aliphatic carbocycles. The molecule has 39 heavy (non-hydrogen) atoms. The number of hydrogen-bond donors (Lipinski definition) is 2. The minimum absolute atomic E-state index is 0.0942. The highest BCUT2D eigenvalue weighted by molar-refractivity contribution is 5.79. The number of unbranched alkanes of at least 4 members (excludes halogenated alkanes) is 16. The third-order valence-corrected chi connectivity index (χ3v) is 8.69. The Labute approximate surface area is 243 Å². The average Bonchev–Trinajstić information content (AvgIpc) is 2.93. The largest absolute Gasteiger partial charge is 0.351 e. The molecule has 4 heteroatoms. The number of hydrogen-bond acceptors (Lipinski definition) is 2. The summed E-state index contributed by atoms with van der Waals surface area (Å²) in [6.45, 7) is 8.30. The van der Waals surface area contributed by atoms with E-state index in [2.05, 4.69) is 31.1 Å². The summed E-state index contributed by atoms with van der Waals surface area (Å²) in [6, 6.07) is 0.189. The Morgan fingerprint density at radius 3 is 1.67 bits per heavy atom. The molecule has 228 valence electrons. The van der Waals surface area contributed by atoms with Crippen LogP contribution in [0.3, 0.4) is 0 Å². The molecular formula is C35H66N2O2. The number of carbonyl (C=O) groups excluding carboxylic acids is 2. The summed E-state index contributed by atoms with van der Waals surface area (Å²) < 4.78 is 0. The van der Waals surface area contributed by atoms with E-state index in [9.17, 15) is 9.59 Å². The molecule has 0 bridgehead atoms. The van der Waals surface area contributed by atoms with Crippen molar-refractivity contribution in [2.45, 2.75) is 193 Å². The maximum Gasteiger partial charge on any atom is 0.223 e. The zero-order chi connectivity index (χ0) is 28.4. The van der Waals surface area contributed by atoms with Gasteiger partial charge in [-0.1, -0.05) is 135 Å². The van der Waals surface area contributed by atoms with Gasteiger partial charge in [-0.3, -0.25) is 9.59 Å². The van der Waals surface area contributed by atoms with Crippen LogP contribution in [0.25, 0.3) is 0 Å². The van der Waals surface area contributed by atoms with E-state index in [1.165, 1.54) is 89.9 Å². The van der Waals surface area contributed by atoms with Crippen molar-refractivity contribution in [3.63, 3.8) is 0 Å². The lowest BCUT2D eigenvalue weighted by Gasteiger charge is -2.34. The molecule has 2 N–H and O–H groups in total. The van der Waals surface area contributed by atoms with E-state index in [0.29, 0.717) is 6.42 Å². The summed E-state index contributed by atoms with van der Waals surface area (Å²) in [7, 11) is 0. The average molecular weight is 547 g/mol. The van der Waals surface area contributed by atoms with Crippen molar-refractivity contribution in [2.75, 3.05) is 0 Å². The van der Waals surface area contributed by atoms with Crippen molar-refractivity contribution in [2.24, 2.45) is 5.92 Å². The van der Waals surface area contributed by atoms with Crippen molar-refractivity contribution in [3.05, 3.63) is 12.7 Å². The van der Waals surface area contributed by atoms with E-state index in [0.717, 1.165) is 70.6 Å². The number of amides is 2. The van der Waals surface area contributed by atoms with Crippen LogP contribution in [0.1, 0.15) is 181 Å². The van der Waals surface area contributed by atoms with Crippen LogP contribution in [0.5, 0.6) is 0 Å². The molecule has 0 aliphatic heterocycles. The van der Waals surface area contributed by atoms with Gasteiger partial charge in [-0.2, -0.15) is 0 Å². The highest BCUT2D eigenvalue weighted by Crippen LogP contribution is 2.23. The molecule has 1 unspecified atom stereocenters. The zero-order valence-electron chi connectivity index (χ0n) is 26.2. The fourth-order valence-electron chi connectivity index (χ4n) is 6.09. The van der Waals surface area contributed by atoms with Crippen LogP contribution in [0, 0.1) is 5.92 Å². The zero-order valence-corrected chi connectivity index (χ0v) is 26.2. The van der Waals surface area contributed by atoms with Gasteiger partial charge in [-0.25, -0.2) is 0 Å². The second-order valence-corrected chi connectivity index (χ2v) is 12.3. The van der Waals surface area contributed by atoms with Crippen molar-refractivity contribution in [1.29, 1.82) is 0 Å². The lowest BCUT2D eigenvalue weighted by Crippen LogP contribution is -2.54. The molecule has 0 heterocycles. The fraction of sp³-hybridized carbons (Fsp3) is 0.886. The monoisotopic (exact) mass is 547 g/mol. The van der Waals surface area contributed by atoms with Crippen LogP contribution in [0.4, 0.5) is 0 Å². The first kappa shape index (κ1) is 35.7. The first-order chi connectivity index (χ1) is 19.1. The van der Waals surface area contributed by atoms with Gasteiger partial charge in [0, 0.05) is 24.4 Å². The highest BCUT2D eigenvalue weighted by atomic mass is 16.2. The standard InChI is InChI=1S/C35H66N2O2/c1-4-7-10-13-15-17-20-23-30-34(38)36-32-28-24-25-29-33(32)37-35(39)31(26-21-18-12-9-6-3)27-22-19-16-14-11-8-5-2/h4,31-33H,1,5-30H2,2-3H3,(H,36,38)(H,37,39)/t31?,32-,33+/m1/s1. The molecule has 1 fully saturated rings. The molecule has 1 rings (SSSR count). The van der Waals surface area contributed by atoms with E-state index in [1.807, 2.05) is 6.08 Å². The molecule has 0 spiro atoms. The van der Waals surface area contributed by atoms with Crippen LogP contribution in [0.15, 0.2) is 12.7 Å². The molecule has 1 saturated carbocycles. The van der Waals surface area contributed by atoms with Crippen molar-refractivity contribution in [3.8, 4) is 0 Å². The molecule has 3 atom stereocenters. The Morgan fingerprint density at radius 2 is 1.13 bits per heavy atom. The normalized spacial score (nSPS) is 18.0. The number of allylic oxidation sites excluding steroid dienone is 1. The van der Waals surface area contributed by atoms with E-state index >= 15 is 0 Å². The van der Waals surface area contributed by atoms with Gasteiger partial charge < -0.3 is 10.6 Å². The summed E-state index contributed by atoms with van der Waals surface area (Å²) in [4.78, 5) is 26.2. The SMILES string of the molecule is C=CCCCCCCCCC(=O)N[C@@H]1CCCC[C@@H]1NC(=O)C(CCCCCCC)CCCCCCCCC. The molecule has 4 nitrogen and oxygen atoms in total. The van der Waals surface area contributed by atoms with Crippen LogP contribution < -0.4 is 10.6 Å². The van der Waals surface area contributed by atoms with Gasteiger partial charge in [0.2, 0.25) is 11.8 Å². The van der Waals surface area contributed by atoms with Crippen molar-refractivity contribution >= 4 is 11.8 Å². The van der Waals surface area contributed by atoms with Crippen LogP contribution >= 0.6 is 0 Å². The Morgan fingerprint density at radius 1 is 0.667 bits per heavy atom. The van der Waals surface area contributed by atoms with Crippen molar-refractivity contribution in [1.82, 2.24) is 10.6 Å². The molecule has 1 aliphatic rings. The van der Waals surface area contributed by atoms with E-state index < -0.39 is 0 Å². The second kappa shape index (κ2) is 25.6. The first-order valence-corrected chi connectivity index (χ1v) is 17.3. The lowest BCUT2D eigenvalue weighted by molar-refractivity contribution is -0.128. The number of nitrogens with one attached hydrogen (secondary N) is 2. The maximum absolute atomic E-state index is 13.5. The summed E-state index contributed by atoms with van der Waals surface area (Å²) in [6.07, 6.45) is 32.4. The van der Waals surface area contributed by atoms with E-state index in [-0.39, 0.29) is 29.8 Å². The van der Waals surface area contributed by atoms with Gasteiger partial charge >= 0.3 is 0 Å². The Hall–Kier alpha value is -1.32. The Bertz CT molecular complexity index is 605. The smallest absolute Gasteiger partial charge is 0.223 e. The van der Waals surface area contributed by atoms with Crippen molar-refractivity contribution < 1.29 is 9.59 Å². The highest BCUT2D eigenvalue weighted by Gasteiger charge is 2.29. The predicted molar refractivity (Wildman–Crippen MR) is 169 cm³/mol. The van der Waals surface area contributed by atoms with Gasteiger partial charge in [-0.15, -0.1) is 6.58 Å². The Balaban J connectivity index is 2.46. The summed E-state index contributed by atoms with van der Waals surface area (Å²) >= 11 is 0. The summed E-state index contributed by atoms with van der Waals surface area (Å²) in [5.74, 6) is 0.550. The summed E-state index contributed by atoms with van der Waals surface area (Å²) in [5, 5.41) is 6.75. The molecule has 0 aromatic carbocycles. The summed E-state index contributed by atoms with van der Waals surface area (Å²) in [5.41, 5.74) is 0. The molecule has 2 amide bonds. The topological polar surface area (TPSA) is 58.2 Å². The lowest BCUT2D eigenvalue weighted by atomic mass is 9.88. The van der Waals surface area contributed by atoms with Crippen LogP contribution in [0.2, 0.25) is 0 Å². The number of rotatable bonds is 26. The third-order valence-electron chi connectivity index (χ3n) is 8.69. The predicted octanol–water partition coefficient (Wildman–Crippen LogP) is 9.95. The first-order valence-electron chi connectivity index (χ1n) is 17.3. The molecular weight excluding hydrogens is 480 g/mol. The molecule has 0 saturated heterocycles. The van der Waals surface area contributed by atoms with Gasteiger partial charge in [0.15, 0.2) is 0 Å². The van der Waals surface area contributed by atoms with Gasteiger partial charge in [0.05, 0.1) is 0 Å². The van der Waals surface area contributed by atoms with Crippen LogP contribution in [-0.4, -0.2) is 23.9 Å². The second-order valence-electron chi connectivity index (χ2n) is 12.3. The van der Waals surface area contributed by atoms with Gasteiger partial charge in [0.1, 0.15) is 0 Å². The van der Waals surface area contributed by atoms with Crippen LogP contribution in [-0.2, 0) is 9.59 Å². The Kier molecular flexibility index (Phi) is 23.5. The van der Waals surface area contributed by atoms with Gasteiger partial charge in [-0.05, 0) is 44.9 Å². The minimum atomic E-state index is 0.0942. The molecule has 0 radical (unpaired) electrons. The molecule has 0 aromatic heterocycles. The minimum Gasteiger partial charge on any atom is -0.351 e. The fourth-order valence-corrected chi connectivity index (χ4v) is 6.09. The quantitative estimate of drug-likeness (QED) is 0.0837. The maximum atomic E-state index is 13.5. The van der Waals surface area contributed by atoms with E-state index in [4.69, 9.17) is 0 Å². The third kappa shape index (κ3) is 19.4. The number of carbonyl (C=O) groups is 2. The van der Waals surface area contributed by atoms with Gasteiger partial charge in [0.25, 0.3) is 0 Å². The van der Waals surface area contributed by atoms with E-state index in [1.54, 1.807) is 0 Å². The molecule has 0 aromatic rings.